The van der Waals surface area contributed by atoms with Crippen LogP contribution in [0.5, 0.6) is 5.75 Å². The number of nitrogens with zero attached hydrogens (tertiary/aromatic N) is 1. The molecule has 0 bridgehead atoms. The van der Waals surface area contributed by atoms with Gasteiger partial charge < -0.3 is 10.4 Å². The Morgan fingerprint density at radius 1 is 1.26 bits per heavy atom. The van der Waals surface area contributed by atoms with Gasteiger partial charge in [-0.15, -0.1) is 0 Å². The van der Waals surface area contributed by atoms with Crippen molar-refractivity contribution in [3.63, 3.8) is 0 Å². The summed E-state index contributed by atoms with van der Waals surface area (Å²) in [4.78, 5) is 2.56. The number of rotatable bonds is 6. The molecular weight excluding hydrogens is 236 g/mol. The first-order chi connectivity index (χ1) is 9.31. The van der Waals surface area contributed by atoms with Gasteiger partial charge in [0.25, 0.3) is 0 Å². The molecule has 106 valence electrons. The van der Waals surface area contributed by atoms with Gasteiger partial charge in [-0.05, 0) is 24.1 Å². The molecule has 0 unspecified atom stereocenters. The lowest BCUT2D eigenvalue weighted by Crippen LogP contribution is -2.45. The maximum atomic E-state index is 9.70. The molecule has 0 aliphatic carbocycles. The van der Waals surface area contributed by atoms with Gasteiger partial charge in [-0.25, -0.2) is 0 Å². The van der Waals surface area contributed by atoms with Crippen LogP contribution < -0.4 is 5.32 Å². The van der Waals surface area contributed by atoms with Crippen molar-refractivity contribution < 1.29 is 5.11 Å². The van der Waals surface area contributed by atoms with Crippen molar-refractivity contribution in [3.05, 3.63) is 29.8 Å². The molecule has 1 saturated heterocycles. The van der Waals surface area contributed by atoms with Crippen molar-refractivity contribution in [1.82, 2.24) is 10.2 Å². The molecule has 0 spiro atoms. The summed E-state index contributed by atoms with van der Waals surface area (Å²) in [5.41, 5.74) is 1.26. The fraction of sp³-hybridized carbons (Fsp3) is 0.625. The van der Waals surface area contributed by atoms with Gasteiger partial charge >= 0.3 is 0 Å². The Hall–Kier alpha value is -1.06. The number of aromatic hydroxyl groups is 1. The van der Waals surface area contributed by atoms with Crippen LogP contribution in [-0.2, 0) is 0 Å². The molecule has 1 fully saturated rings. The number of phenols is 1. The zero-order valence-corrected chi connectivity index (χ0v) is 11.9. The minimum Gasteiger partial charge on any atom is -0.508 e. The Labute approximate surface area is 116 Å². The van der Waals surface area contributed by atoms with Crippen LogP contribution in [-0.4, -0.2) is 36.2 Å². The van der Waals surface area contributed by atoms with Gasteiger partial charge in [-0.3, -0.25) is 4.90 Å². The third-order valence-corrected chi connectivity index (χ3v) is 3.93. The van der Waals surface area contributed by atoms with Crippen molar-refractivity contribution in [2.24, 2.45) is 0 Å². The third kappa shape index (κ3) is 4.22. The van der Waals surface area contributed by atoms with Gasteiger partial charge in [0.05, 0.1) is 0 Å². The molecule has 1 atom stereocenters. The average Bonchev–Trinajstić information content (AvgIpc) is 2.45. The molecule has 1 aromatic carbocycles. The zero-order chi connectivity index (χ0) is 13.5. The van der Waals surface area contributed by atoms with Gasteiger partial charge in [-0.1, -0.05) is 38.3 Å². The van der Waals surface area contributed by atoms with Gasteiger partial charge in [0.1, 0.15) is 5.75 Å². The van der Waals surface area contributed by atoms with Crippen molar-refractivity contribution in [2.45, 2.75) is 38.6 Å². The Kier molecular flexibility index (Phi) is 5.67. The van der Waals surface area contributed by atoms with E-state index in [9.17, 15) is 5.11 Å². The van der Waals surface area contributed by atoms with E-state index < -0.39 is 0 Å². The molecule has 0 aromatic heterocycles. The molecule has 0 amide bonds. The Balaban J connectivity index is 2.08. The summed E-state index contributed by atoms with van der Waals surface area (Å²) in [6.45, 7) is 6.60. The quantitative estimate of drug-likeness (QED) is 0.774. The summed E-state index contributed by atoms with van der Waals surface area (Å²) >= 11 is 0. The van der Waals surface area contributed by atoms with E-state index in [0.29, 0.717) is 11.8 Å². The number of phenolic OH excluding ortho intramolecular Hbond substituents is 1. The molecule has 3 heteroatoms. The second-order valence-electron chi connectivity index (χ2n) is 5.39. The lowest BCUT2D eigenvalue weighted by Gasteiger charge is -2.35. The van der Waals surface area contributed by atoms with Crippen LogP contribution in [0.3, 0.4) is 0 Å². The van der Waals surface area contributed by atoms with E-state index in [-0.39, 0.29) is 0 Å². The Morgan fingerprint density at radius 2 is 2.05 bits per heavy atom. The molecule has 19 heavy (non-hydrogen) atoms. The average molecular weight is 262 g/mol. The van der Waals surface area contributed by atoms with E-state index in [0.717, 1.165) is 26.2 Å². The highest BCUT2D eigenvalue weighted by molar-refractivity contribution is 5.29. The fourth-order valence-electron chi connectivity index (χ4n) is 2.87. The largest absolute Gasteiger partial charge is 0.508 e. The molecule has 1 aromatic rings. The normalized spacial score (nSPS) is 18.4. The summed E-state index contributed by atoms with van der Waals surface area (Å²) in [6, 6.07) is 8.25. The van der Waals surface area contributed by atoms with Crippen LogP contribution in [0.1, 0.15) is 44.2 Å². The lowest BCUT2D eigenvalue weighted by molar-refractivity contribution is 0.162. The number of hydrogen-bond acceptors (Lipinski definition) is 3. The predicted molar refractivity (Wildman–Crippen MR) is 79.4 cm³/mol. The molecule has 1 heterocycles. The van der Waals surface area contributed by atoms with Gasteiger partial charge in [0.2, 0.25) is 0 Å². The molecule has 3 nitrogen and oxygen atoms in total. The van der Waals surface area contributed by atoms with E-state index in [1.54, 1.807) is 6.07 Å². The predicted octanol–water partition coefficient (Wildman–Crippen LogP) is 2.92. The number of benzene rings is 1. The fourth-order valence-corrected chi connectivity index (χ4v) is 2.87. The number of piperazine rings is 1. The first-order valence-corrected chi connectivity index (χ1v) is 7.55. The van der Waals surface area contributed by atoms with Gasteiger partial charge in [-0.2, -0.15) is 0 Å². The second kappa shape index (κ2) is 7.51. The highest BCUT2D eigenvalue weighted by Gasteiger charge is 2.21. The molecular formula is C16H26N2O. The van der Waals surface area contributed by atoms with Gasteiger partial charge in [0.15, 0.2) is 0 Å². The van der Waals surface area contributed by atoms with Crippen molar-refractivity contribution >= 4 is 0 Å². The number of hydrogen-bond donors (Lipinski definition) is 2. The van der Waals surface area contributed by atoms with Crippen LogP contribution in [0.4, 0.5) is 0 Å². The van der Waals surface area contributed by atoms with E-state index in [1.807, 2.05) is 12.1 Å². The summed E-state index contributed by atoms with van der Waals surface area (Å²) in [5.74, 6) is 0.383. The summed E-state index contributed by atoms with van der Waals surface area (Å²) < 4.78 is 0. The van der Waals surface area contributed by atoms with Crippen LogP contribution >= 0.6 is 0 Å². The SMILES string of the molecule is CCCCC[C@H](c1cccc(O)c1)N1CCNCC1. The molecule has 2 N–H and O–H groups in total. The minimum absolute atomic E-state index is 0.383. The monoisotopic (exact) mass is 262 g/mol. The van der Waals surface area contributed by atoms with Crippen LogP contribution in [0, 0.1) is 0 Å². The van der Waals surface area contributed by atoms with Crippen LogP contribution in [0.15, 0.2) is 24.3 Å². The van der Waals surface area contributed by atoms with E-state index >= 15 is 0 Å². The maximum Gasteiger partial charge on any atom is 0.115 e. The topological polar surface area (TPSA) is 35.5 Å². The zero-order valence-electron chi connectivity index (χ0n) is 11.9. The third-order valence-electron chi connectivity index (χ3n) is 3.93. The van der Waals surface area contributed by atoms with E-state index in [2.05, 4.69) is 23.2 Å². The van der Waals surface area contributed by atoms with Crippen LogP contribution in [0.25, 0.3) is 0 Å². The van der Waals surface area contributed by atoms with Crippen molar-refractivity contribution in [2.75, 3.05) is 26.2 Å². The number of unbranched alkanes of at least 4 members (excludes halogenated alkanes) is 2. The Morgan fingerprint density at radius 3 is 2.74 bits per heavy atom. The van der Waals surface area contributed by atoms with E-state index in [1.165, 1.54) is 31.2 Å². The lowest BCUT2D eigenvalue weighted by atomic mass is 9.98. The Bertz CT molecular complexity index is 375. The molecule has 2 rings (SSSR count). The molecule has 1 aliphatic heterocycles. The van der Waals surface area contributed by atoms with Crippen molar-refractivity contribution in [3.8, 4) is 5.75 Å². The molecule has 1 aliphatic rings. The maximum absolute atomic E-state index is 9.70. The molecule has 0 saturated carbocycles. The first kappa shape index (κ1) is 14.4. The van der Waals surface area contributed by atoms with E-state index in [4.69, 9.17) is 0 Å². The molecule has 0 radical (unpaired) electrons. The van der Waals surface area contributed by atoms with Crippen LogP contribution in [0.2, 0.25) is 0 Å². The summed E-state index contributed by atoms with van der Waals surface area (Å²) in [7, 11) is 0. The smallest absolute Gasteiger partial charge is 0.115 e. The van der Waals surface area contributed by atoms with Gasteiger partial charge in [0, 0.05) is 32.2 Å². The van der Waals surface area contributed by atoms with Crippen molar-refractivity contribution in [1.29, 1.82) is 0 Å². The first-order valence-electron chi connectivity index (χ1n) is 7.55. The second-order valence-corrected chi connectivity index (χ2v) is 5.39. The minimum atomic E-state index is 0.383. The number of nitrogens with one attached hydrogen (secondary N) is 1. The standard InChI is InChI=1S/C16H26N2O/c1-2-3-4-8-16(18-11-9-17-10-12-18)14-6-5-7-15(19)13-14/h5-7,13,16-17,19H,2-4,8-12H2,1H3/t16-/m1/s1. The summed E-state index contributed by atoms with van der Waals surface area (Å²) in [5, 5.41) is 13.1. The highest BCUT2D eigenvalue weighted by atomic mass is 16.3. The summed E-state index contributed by atoms with van der Waals surface area (Å²) in [6.07, 6.45) is 5.01. The highest BCUT2D eigenvalue weighted by Crippen LogP contribution is 2.28.